The highest BCUT2D eigenvalue weighted by Crippen LogP contribution is 2.22. The summed E-state index contributed by atoms with van der Waals surface area (Å²) < 4.78 is 0. The van der Waals surface area contributed by atoms with Gasteiger partial charge in [0.1, 0.15) is 0 Å². The lowest BCUT2D eigenvalue weighted by Crippen LogP contribution is -2.34. The third-order valence-electron chi connectivity index (χ3n) is 3.14. The Hall–Kier alpha value is 0.200. The van der Waals surface area contributed by atoms with Gasteiger partial charge in [0.25, 0.3) is 0 Å². The van der Waals surface area contributed by atoms with Crippen LogP contribution in [0.1, 0.15) is 33.6 Å². The van der Waals surface area contributed by atoms with E-state index in [1.807, 2.05) is 11.8 Å². The first kappa shape index (κ1) is 16.2. The van der Waals surface area contributed by atoms with Gasteiger partial charge in [0, 0.05) is 17.2 Å². The van der Waals surface area contributed by atoms with Crippen LogP contribution in [0.2, 0.25) is 0 Å². The minimum Gasteiger partial charge on any atom is -0.393 e. The molecule has 2 N–H and O–H groups in total. The van der Waals surface area contributed by atoms with Crippen LogP contribution in [0.15, 0.2) is 0 Å². The first-order chi connectivity index (χ1) is 7.31. The molecule has 16 heavy (non-hydrogen) atoms. The highest BCUT2D eigenvalue weighted by Gasteiger charge is 2.21. The van der Waals surface area contributed by atoms with E-state index in [2.05, 4.69) is 39.0 Å². The number of hydrogen-bond donors (Lipinski definition) is 1. The fourth-order valence-corrected chi connectivity index (χ4v) is 2.32. The van der Waals surface area contributed by atoms with Gasteiger partial charge in [0.05, 0.1) is 4.99 Å². The van der Waals surface area contributed by atoms with E-state index in [0.29, 0.717) is 11.0 Å². The second kappa shape index (κ2) is 7.51. The fourth-order valence-electron chi connectivity index (χ4n) is 1.48. The quantitative estimate of drug-likeness (QED) is 0.681. The molecule has 0 saturated heterocycles. The van der Waals surface area contributed by atoms with E-state index < -0.39 is 0 Å². The second-order valence-corrected chi connectivity index (χ2v) is 6.49. The van der Waals surface area contributed by atoms with Crippen molar-refractivity contribution in [3.8, 4) is 0 Å². The predicted molar refractivity (Wildman–Crippen MR) is 80.3 cm³/mol. The molecule has 0 saturated carbocycles. The maximum absolute atomic E-state index is 5.71. The van der Waals surface area contributed by atoms with Crippen molar-refractivity contribution >= 4 is 29.0 Å². The van der Waals surface area contributed by atoms with Crippen LogP contribution in [0.25, 0.3) is 0 Å². The number of nitrogens with two attached hydrogens (primary N) is 1. The molecule has 1 atom stereocenters. The standard InChI is InChI=1S/C12H26N2S2/c1-10(9-16-5)14(4)8-6-7-12(2,3)11(13)15/h10H,6-9H2,1-5H3,(H2,13,15). The van der Waals surface area contributed by atoms with Crippen molar-refractivity contribution in [2.24, 2.45) is 11.1 Å². The molecule has 0 spiro atoms. The van der Waals surface area contributed by atoms with E-state index in [4.69, 9.17) is 18.0 Å². The minimum absolute atomic E-state index is 0.00107. The molecule has 4 heteroatoms. The van der Waals surface area contributed by atoms with Crippen molar-refractivity contribution < 1.29 is 0 Å². The topological polar surface area (TPSA) is 29.3 Å². The molecule has 0 radical (unpaired) electrons. The van der Waals surface area contributed by atoms with Crippen molar-refractivity contribution in [3.05, 3.63) is 0 Å². The van der Waals surface area contributed by atoms with Gasteiger partial charge in [-0.15, -0.1) is 0 Å². The average Bonchev–Trinajstić information content (AvgIpc) is 2.17. The van der Waals surface area contributed by atoms with Gasteiger partial charge in [-0.05, 0) is 39.6 Å². The van der Waals surface area contributed by atoms with Crippen molar-refractivity contribution in [1.82, 2.24) is 4.90 Å². The molecule has 0 aromatic rings. The van der Waals surface area contributed by atoms with Gasteiger partial charge in [-0.25, -0.2) is 0 Å². The van der Waals surface area contributed by atoms with Crippen LogP contribution < -0.4 is 5.73 Å². The van der Waals surface area contributed by atoms with E-state index >= 15 is 0 Å². The molecule has 0 aliphatic rings. The van der Waals surface area contributed by atoms with Gasteiger partial charge in [-0.2, -0.15) is 11.8 Å². The average molecular weight is 262 g/mol. The third kappa shape index (κ3) is 6.06. The van der Waals surface area contributed by atoms with Crippen molar-refractivity contribution in [2.75, 3.05) is 25.6 Å². The van der Waals surface area contributed by atoms with Gasteiger partial charge in [-0.1, -0.05) is 26.1 Å². The molecular formula is C12H26N2S2. The zero-order chi connectivity index (χ0) is 12.8. The summed E-state index contributed by atoms with van der Waals surface area (Å²) in [4.78, 5) is 3.04. The number of hydrogen-bond acceptors (Lipinski definition) is 3. The first-order valence-corrected chi connectivity index (χ1v) is 7.60. The lowest BCUT2D eigenvalue weighted by Gasteiger charge is -2.27. The predicted octanol–water partition coefficient (Wildman–Crippen LogP) is 2.76. The highest BCUT2D eigenvalue weighted by molar-refractivity contribution is 7.98. The molecule has 0 amide bonds. The summed E-state index contributed by atoms with van der Waals surface area (Å²) in [5.41, 5.74) is 5.71. The van der Waals surface area contributed by atoms with E-state index in [0.717, 1.165) is 19.4 Å². The van der Waals surface area contributed by atoms with Crippen LogP contribution in [0, 0.1) is 5.41 Å². The molecule has 0 aliphatic carbocycles. The monoisotopic (exact) mass is 262 g/mol. The van der Waals surface area contributed by atoms with Crippen molar-refractivity contribution in [2.45, 2.75) is 39.7 Å². The number of thioether (sulfide) groups is 1. The van der Waals surface area contributed by atoms with E-state index in [1.165, 1.54) is 5.75 Å². The van der Waals surface area contributed by atoms with Crippen LogP contribution in [0.3, 0.4) is 0 Å². The van der Waals surface area contributed by atoms with Gasteiger partial charge < -0.3 is 10.6 Å². The van der Waals surface area contributed by atoms with Gasteiger partial charge in [0.2, 0.25) is 0 Å². The summed E-state index contributed by atoms with van der Waals surface area (Å²) in [5, 5.41) is 0. The molecule has 1 unspecified atom stereocenters. The Balaban J connectivity index is 3.85. The van der Waals surface area contributed by atoms with E-state index in [9.17, 15) is 0 Å². The highest BCUT2D eigenvalue weighted by atomic mass is 32.2. The Morgan fingerprint density at radius 1 is 1.50 bits per heavy atom. The largest absolute Gasteiger partial charge is 0.393 e. The maximum Gasteiger partial charge on any atom is 0.0784 e. The summed E-state index contributed by atoms with van der Waals surface area (Å²) in [6.07, 6.45) is 4.37. The van der Waals surface area contributed by atoms with Crippen LogP contribution in [-0.4, -0.2) is 41.5 Å². The molecule has 0 aliphatic heterocycles. The minimum atomic E-state index is -0.00107. The maximum atomic E-state index is 5.71. The summed E-state index contributed by atoms with van der Waals surface area (Å²) >= 11 is 6.96. The molecule has 96 valence electrons. The second-order valence-electron chi connectivity index (χ2n) is 5.14. The summed E-state index contributed by atoms with van der Waals surface area (Å²) in [6, 6.07) is 0.642. The lowest BCUT2D eigenvalue weighted by atomic mass is 9.88. The fraction of sp³-hybridized carbons (Fsp3) is 0.917. The Morgan fingerprint density at radius 3 is 2.50 bits per heavy atom. The molecule has 0 rings (SSSR count). The smallest absolute Gasteiger partial charge is 0.0784 e. The summed E-state index contributed by atoms with van der Waals surface area (Å²) in [5.74, 6) is 1.19. The number of thiocarbonyl (C=S) groups is 1. The Morgan fingerprint density at radius 2 is 2.06 bits per heavy atom. The van der Waals surface area contributed by atoms with Crippen molar-refractivity contribution in [3.63, 3.8) is 0 Å². The SMILES string of the molecule is CSCC(C)N(C)CCCC(C)(C)C(N)=S. The molecule has 0 aromatic carbocycles. The van der Waals surface area contributed by atoms with Crippen LogP contribution >= 0.6 is 24.0 Å². The number of nitrogens with zero attached hydrogens (tertiary/aromatic N) is 1. The number of rotatable bonds is 8. The zero-order valence-electron chi connectivity index (χ0n) is 11.2. The van der Waals surface area contributed by atoms with Crippen LogP contribution in [0.4, 0.5) is 0 Å². The van der Waals surface area contributed by atoms with E-state index in [-0.39, 0.29) is 5.41 Å². The zero-order valence-corrected chi connectivity index (χ0v) is 12.9. The summed E-state index contributed by atoms with van der Waals surface area (Å²) in [6.45, 7) is 7.64. The molecule has 0 fully saturated rings. The Kier molecular flexibility index (Phi) is 7.61. The van der Waals surface area contributed by atoms with Crippen molar-refractivity contribution in [1.29, 1.82) is 0 Å². The molecular weight excluding hydrogens is 236 g/mol. The van der Waals surface area contributed by atoms with Gasteiger partial charge in [0.15, 0.2) is 0 Å². The summed E-state index contributed by atoms with van der Waals surface area (Å²) in [7, 11) is 2.19. The lowest BCUT2D eigenvalue weighted by molar-refractivity contribution is 0.261. The molecule has 2 nitrogen and oxygen atoms in total. The first-order valence-electron chi connectivity index (χ1n) is 5.80. The Bertz CT molecular complexity index is 217. The Labute approximate surface area is 110 Å². The normalized spacial score (nSPS) is 14.1. The van der Waals surface area contributed by atoms with Gasteiger partial charge >= 0.3 is 0 Å². The molecule has 0 heterocycles. The molecule has 0 bridgehead atoms. The van der Waals surface area contributed by atoms with E-state index in [1.54, 1.807) is 0 Å². The van der Waals surface area contributed by atoms with Crippen LogP contribution in [-0.2, 0) is 0 Å². The molecule has 0 aromatic heterocycles. The van der Waals surface area contributed by atoms with Crippen LogP contribution in [0.5, 0.6) is 0 Å². The third-order valence-corrected chi connectivity index (χ3v) is 4.51. The van der Waals surface area contributed by atoms with Gasteiger partial charge in [-0.3, -0.25) is 0 Å².